The molecule has 1 heterocycles. The molecule has 0 spiro atoms. The molecule has 0 atom stereocenters. The first-order chi connectivity index (χ1) is 15.0. The van der Waals surface area contributed by atoms with Crippen LogP contribution in [0.15, 0.2) is 47.4 Å². The standard InChI is InChI=1S/C25H26N2O4S/c1-14-15(2)17(4)24(18(5)16(14)3)32(29,30)26-19-11-12-22-20(13-19)25(28)27(6)21-9-7-8-10-23(21)31-22/h7-13,26H,1-6H3. The Morgan fingerprint density at radius 3 is 2.06 bits per heavy atom. The van der Waals surface area contributed by atoms with Crippen LogP contribution in [0.3, 0.4) is 0 Å². The fraction of sp³-hybridized carbons (Fsp3) is 0.240. The molecule has 32 heavy (non-hydrogen) atoms. The third kappa shape index (κ3) is 3.42. The van der Waals surface area contributed by atoms with E-state index in [0.29, 0.717) is 22.9 Å². The second kappa shape index (κ2) is 7.67. The topological polar surface area (TPSA) is 75.7 Å². The number of hydrogen-bond acceptors (Lipinski definition) is 4. The van der Waals surface area contributed by atoms with Gasteiger partial charge < -0.3 is 9.64 Å². The number of nitrogens with zero attached hydrogens (tertiary/aromatic N) is 1. The molecule has 0 bridgehead atoms. The van der Waals surface area contributed by atoms with Crippen molar-refractivity contribution in [3.05, 3.63) is 75.8 Å². The smallest absolute Gasteiger partial charge is 0.262 e. The normalized spacial score (nSPS) is 13.2. The summed E-state index contributed by atoms with van der Waals surface area (Å²) in [6.45, 7) is 9.51. The van der Waals surface area contributed by atoms with E-state index in [1.807, 2.05) is 46.8 Å². The SMILES string of the molecule is Cc1c(C)c(C)c(S(=O)(=O)Nc2ccc3c(c2)C(=O)N(C)c2ccccc2O3)c(C)c1C. The molecule has 0 saturated heterocycles. The van der Waals surface area contributed by atoms with Crippen LogP contribution < -0.4 is 14.4 Å². The van der Waals surface area contributed by atoms with Crippen LogP contribution >= 0.6 is 0 Å². The molecule has 4 rings (SSSR count). The van der Waals surface area contributed by atoms with Gasteiger partial charge >= 0.3 is 0 Å². The van der Waals surface area contributed by atoms with E-state index < -0.39 is 10.0 Å². The molecule has 1 aliphatic heterocycles. The van der Waals surface area contributed by atoms with Crippen molar-refractivity contribution in [1.82, 2.24) is 0 Å². The molecule has 0 unspecified atom stereocenters. The highest BCUT2D eigenvalue weighted by Gasteiger charge is 2.28. The predicted octanol–water partition coefficient (Wildman–Crippen LogP) is 5.41. The fourth-order valence-electron chi connectivity index (χ4n) is 4.15. The van der Waals surface area contributed by atoms with Crippen molar-refractivity contribution in [2.45, 2.75) is 39.5 Å². The molecular weight excluding hydrogens is 424 g/mol. The average Bonchev–Trinajstić information content (AvgIpc) is 2.86. The molecule has 0 aliphatic carbocycles. The van der Waals surface area contributed by atoms with Crippen LogP contribution in [-0.2, 0) is 10.0 Å². The van der Waals surface area contributed by atoms with Gasteiger partial charge in [0.1, 0.15) is 5.75 Å². The summed E-state index contributed by atoms with van der Waals surface area (Å²) in [5.74, 6) is 0.664. The third-order valence-corrected chi connectivity index (χ3v) is 8.07. The zero-order valence-corrected chi connectivity index (χ0v) is 19.8. The van der Waals surface area contributed by atoms with Crippen LogP contribution in [0.2, 0.25) is 0 Å². The number of ether oxygens (including phenoxy) is 1. The zero-order chi connectivity index (χ0) is 23.4. The molecule has 3 aromatic rings. The Hall–Kier alpha value is -3.32. The molecule has 0 fully saturated rings. The minimum absolute atomic E-state index is 0.277. The lowest BCUT2D eigenvalue weighted by molar-refractivity contribution is 0.0993. The van der Waals surface area contributed by atoms with Gasteiger partial charge in [-0.05, 0) is 92.8 Å². The summed E-state index contributed by atoms with van der Waals surface area (Å²) in [5.41, 5.74) is 5.69. The van der Waals surface area contributed by atoms with Crippen LogP contribution in [0.5, 0.6) is 11.5 Å². The second-order valence-corrected chi connectivity index (χ2v) is 9.82. The summed E-state index contributed by atoms with van der Waals surface area (Å²) >= 11 is 0. The van der Waals surface area contributed by atoms with E-state index in [-0.39, 0.29) is 16.4 Å². The Morgan fingerprint density at radius 1 is 0.812 bits per heavy atom. The van der Waals surface area contributed by atoms with Crippen molar-refractivity contribution in [3.63, 3.8) is 0 Å². The van der Waals surface area contributed by atoms with Gasteiger partial charge in [-0.25, -0.2) is 8.42 Å². The summed E-state index contributed by atoms with van der Waals surface area (Å²) in [4.78, 5) is 14.9. The van der Waals surface area contributed by atoms with E-state index in [9.17, 15) is 13.2 Å². The largest absolute Gasteiger partial charge is 0.454 e. The summed E-state index contributed by atoms with van der Waals surface area (Å²) in [5, 5.41) is 0. The Bertz CT molecular complexity index is 1350. The van der Waals surface area contributed by atoms with Gasteiger partial charge in [0.25, 0.3) is 15.9 Å². The number of sulfonamides is 1. The molecule has 6 nitrogen and oxygen atoms in total. The highest BCUT2D eigenvalue weighted by Crippen LogP contribution is 2.39. The molecule has 166 valence electrons. The van der Waals surface area contributed by atoms with Crippen molar-refractivity contribution < 1.29 is 17.9 Å². The van der Waals surface area contributed by atoms with E-state index in [2.05, 4.69) is 4.72 Å². The fourth-order valence-corrected chi connectivity index (χ4v) is 5.81. The van der Waals surface area contributed by atoms with Crippen molar-refractivity contribution in [3.8, 4) is 11.5 Å². The number of carbonyl (C=O) groups excluding carboxylic acids is 1. The number of para-hydroxylation sites is 2. The lowest BCUT2D eigenvalue weighted by Gasteiger charge is -2.20. The molecule has 3 aromatic carbocycles. The van der Waals surface area contributed by atoms with Gasteiger partial charge in [-0.2, -0.15) is 0 Å². The van der Waals surface area contributed by atoms with Gasteiger partial charge in [-0.3, -0.25) is 9.52 Å². The zero-order valence-electron chi connectivity index (χ0n) is 19.0. The third-order valence-electron chi connectivity index (χ3n) is 6.41. The van der Waals surface area contributed by atoms with Gasteiger partial charge in [-0.1, -0.05) is 12.1 Å². The summed E-state index contributed by atoms with van der Waals surface area (Å²) < 4.78 is 35.4. The lowest BCUT2D eigenvalue weighted by atomic mass is 9.95. The first kappa shape index (κ1) is 21.9. The number of nitrogens with one attached hydrogen (secondary N) is 1. The number of hydrogen-bond donors (Lipinski definition) is 1. The molecule has 1 amide bonds. The van der Waals surface area contributed by atoms with E-state index in [1.165, 1.54) is 11.0 Å². The van der Waals surface area contributed by atoms with Crippen molar-refractivity contribution in [2.75, 3.05) is 16.7 Å². The van der Waals surface area contributed by atoms with Crippen LogP contribution in [0.4, 0.5) is 11.4 Å². The second-order valence-electron chi connectivity index (χ2n) is 8.20. The van der Waals surface area contributed by atoms with Crippen LogP contribution in [0.25, 0.3) is 0 Å². The number of fused-ring (bicyclic) bond motifs is 2. The summed E-state index contributed by atoms with van der Waals surface area (Å²) in [6.07, 6.45) is 0. The highest BCUT2D eigenvalue weighted by atomic mass is 32.2. The summed E-state index contributed by atoms with van der Waals surface area (Å²) in [6, 6.07) is 12.0. The minimum atomic E-state index is -3.87. The number of anilines is 2. The lowest BCUT2D eigenvalue weighted by Crippen LogP contribution is -2.25. The van der Waals surface area contributed by atoms with Gasteiger partial charge in [0, 0.05) is 12.7 Å². The Kier molecular flexibility index (Phi) is 5.25. The van der Waals surface area contributed by atoms with Crippen molar-refractivity contribution in [2.24, 2.45) is 0 Å². The Morgan fingerprint density at radius 2 is 1.41 bits per heavy atom. The maximum Gasteiger partial charge on any atom is 0.262 e. The first-order valence-corrected chi connectivity index (χ1v) is 11.8. The molecule has 0 aromatic heterocycles. The van der Waals surface area contributed by atoms with E-state index in [0.717, 1.165) is 27.8 Å². The Labute approximate surface area is 188 Å². The molecular formula is C25H26N2O4S. The quantitative estimate of drug-likeness (QED) is 0.579. The molecule has 0 saturated carbocycles. The number of carbonyl (C=O) groups is 1. The molecule has 1 N–H and O–H groups in total. The van der Waals surface area contributed by atoms with E-state index in [4.69, 9.17) is 4.74 Å². The average molecular weight is 451 g/mol. The summed E-state index contributed by atoms with van der Waals surface area (Å²) in [7, 11) is -2.20. The molecule has 7 heteroatoms. The van der Waals surface area contributed by atoms with Crippen molar-refractivity contribution in [1.29, 1.82) is 0 Å². The minimum Gasteiger partial charge on any atom is -0.454 e. The Balaban J connectivity index is 1.76. The van der Waals surface area contributed by atoms with Gasteiger partial charge in [0.15, 0.2) is 5.75 Å². The van der Waals surface area contributed by atoms with E-state index in [1.54, 1.807) is 31.3 Å². The van der Waals surface area contributed by atoms with E-state index >= 15 is 0 Å². The van der Waals surface area contributed by atoms with Crippen molar-refractivity contribution >= 4 is 27.3 Å². The number of rotatable bonds is 3. The van der Waals surface area contributed by atoms with Gasteiger partial charge in [0.05, 0.1) is 16.1 Å². The van der Waals surface area contributed by atoms with Gasteiger partial charge in [0.2, 0.25) is 0 Å². The van der Waals surface area contributed by atoms with Crippen LogP contribution in [-0.4, -0.2) is 21.4 Å². The maximum absolute atomic E-state index is 13.4. The van der Waals surface area contributed by atoms with Crippen LogP contribution in [0, 0.1) is 34.6 Å². The first-order valence-electron chi connectivity index (χ1n) is 10.3. The predicted molar refractivity (Wildman–Crippen MR) is 127 cm³/mol. The number of amides is 1. The molecule has 0 radical (unpaired) electrons. The van der Waals surface area contributed by atoms with Gasteiger partial charge in [-0.15, -0.1) is 0 Å². The van der Waals surface area contributed by atoms with Crippen LogP contribution in [0.1, 0.15) is 38.2 Å². The highest BCUT2D eigenvalue weighted by molar-refractivity contribution is 7.92. The monoisotopic (exact) mass is 450 g/mol. The molecule has 1 aliphatic rings. The number of benzene rings is 3. The maximum atomic E-state index is 13.4.